The van der Waals surface area contributed by atoms with E-state index in [2.05, 4.69) is 29.8 Å². The predicted molar refractivity (Wildman–Crippen MR) is 83.7 cm³/mol. The summed E-state index contributed by atoms with van der Waals surface area (Å²) in [6, 6.07) is 10.2. The quantitative estimate of drug-likeness (QED) is 0.754. The zero-order valence-electron chi connectivity index (χ0n) is 12.9. The zero-order valence-corrected chi connectivity index (χ0v) is 12.9. The van der Waals surface area contributed by atoms with Crippen LogP contribution in [0.5, 0.6) is 17.2 Å². The van der Waals surface area contributed by atoms with Gasteiger partial charge >= 0.3 is 0 Å². The Kier molecular flexibility index (Phi) is 2.86. The largest absolute Gasteiger partial charge is 0.453 e. The molecule has 0 N–H and O–H groups in total. The van der Waals surface area contributed by atoms with Gasteiger partial charge in [-0.2, -0.15) is 4.58 Å². The first kappa shape index (κ1) is 13.2. The molecular formula is C18H18NO3+. The highest BCUT2D eigenvalue weighted by molar-refractivity contribution is 5.89. The summed E-state index contributed by atoms with van der Waals surface area (Å²) in [5, 5.41) is 0. The Morgan fingerprint density at radius 3 is 2.41 bits per heavy atom. The van der Waals surface area contributed by atoms with Gasteiger partial charge in [-0.3, -0.25) is 0 Å². The van der Waals surface area contributed by atoms with Gasteiger partial charge < -0.3 is 14.2 Å². The highest BCUT2D eigenvalue weighted by Gasteiger charge is 2.35. The van der Waals surface area contributed by atoms with Crippen molar-refractivity contribution < 1.29 is 18.8 Å². The van der Waals surface area contributed by atoms with E-state index in [4.69, 9.17) is 14.2 Å². The topological polar surface area (TPSA) is 30.7 Å². The van der Waals surface area contributed by atoms with Gasteiger partial charge in [0.1, 0.15) is 11.3 Å². The van der Waals surface area contributed by atoms with E-state index in [0.29, 0.717) is 0 Å². The van der Waals surface area contributed by atoms with Crippen molar-refractivity contribution in [2.45, 2.75) is 27.0 Å². The number of ether oxygens (including phenoxy) is 3. The van der Waals surface area contributed by atoms with Gasteiger partial charge in [-0.25, -0.2) is 0 Å². The number of fused-ring (bicyclic) bond motifs is 3. The van der Waals surface area contributed by atoms with Crippen molar-refractivity contribution in [1.82, 2.24) is 0 Å². The maximum absolute atomic E-state index is 6.19. The molecule has 1 unspecified atom stereocenters. The third-order valence-electron chi connectivity index (χ3n) is 4.35. The minimum Gasteiger partial charge on any atom is -0.453 e. The third-order valence-corrected chi connectivity index (χ3v) is 4.35. The Morgan fingerprint density at radius 2 is 1.64 bits per heavy atom. The Bertz CT molecular complexity index is 781. The molecule has 0 amide bonds. The van der Waals surface area contributed by atoms with Gasteiger partial charge in [-0.1, -0.05) is 18.2 Å². The van der Waals surface area contributed by atoms with E-state index in [9.17, 15) is 0 Å². The van der Waals surface area contributed by atoms with E-state index in [1.807, 2.05) is 32.0 Å². The summed E-state index contributed by atoms with van der Waals surface area (Å²) in [6.07, 6.45) is 2.02. The maximum atomic E-state index is 6.19. The van der Waals surface area contributed by atoms with Crippen molar-refractivity contribution in [1.29, 1.82) is 0 Å². The molecule has 2 aromatic carbocycles. The standard InChI is InChI=1S/C18H18NO3/c1-11-12(2)17-18(21-10-20-17)15-9-19(13(3)22-16(11)15)14-7-5-4-6-8-14/h4-9,13H,10H2,1-3H3/q+1. The van der Waals surface area contributed by atoms with Crippen LogP contribution in [0.2, 0.25) is 0 Å². The minimum atomic E-state index is -0.0756. The van der Waals surface area contributed by atoms with E-state index < -0.39 is 0 Å². The fourth-order valence-electron chi connectivity index (χ4n) is 3.03. The Labute approximate surface area is 129 Å². The molecule has 0 bridgehead atoms. The Morgan fingerprint density at radius 1 is 0.955 bits per heavy atom. The van der Waals surface area contributed by atoms with Crippen molar-refractivity contribution in [3.05, 3.63) is 47.0 Å². The summed E-state index contributed by atoms with van der Waals surface area (Å²) in [5.41, 5.74) is 4.24. The molecule has 0 aromatic heterocycles. The average Bonchev–Trinajstić information content (AvgIpc) is 3.03. The summed E-state index contributed by atoms with van der Waals surface area (Å²) in [5.74, 6) is 2.51. The molecule has 0 saturated carbocycles. The summed E-state index contributed by atoms with van der Waals surface area (Å²) in [4.78, 5) is 0. The van der Waals surface area contributed by atoms with Crippen LogP contribution in [0.25, 0.3) is 0 Å². The number of benzene rings is 2. The van der Waals surface area contributed by atoms with E-state index >= 15 is 0 Å². The van der Waals surface area contributed by atoms with Gasteiger partial charge in [0, 0.05) is 24.6 Å². The SMILES string of the molecule is Cc1c(C)c2c(c3c1OC(C)[N+](c1ccccc1)=C3)OCO2. The molecule has 112 valence electrons. The molecule has 4 nitrogen and oxygen atoms in total. The first-order valence-electron chi connectivity index (χ1n) is 7.44. The Balaban J connectivity index is 1.95. The van der Waals surface area contributed by atoms with Gasteiger partial charge in [0.25, 0.3) is 6.23 Å². The third kappa shape index (κ3) is 1.80. The van der Waals surface area contributed by atoms with Crippen LogP contribution in [-0.4, -0.2) is 23.8 Å². The lowest BCUT2D eigenvalue weighted by atomic mass is 10.0. The molecule has 1 atom stereocenters. The first-order chi connectivity index (χ1) is 10.7. The second kappa shape index (κ2) is 4.77. The van der Waals surface area contributed by atoms with Crippen molar-refractivity contribution in [2.24, 2.45) is 0 Å². The van der Waals surface area contributed by atoms with Crippen LogP contribution in [0.15, 0.2) is 30.3 Å². The summed E-state index contributed by atoms with van der Waals surface area (Å²) >= 11 is 0. The van der Waals surface area contributed by atoms with Crippen molar-refractivity contribution >= 4 is 11.9 Å². The van der Waals surface area contributed by atoms with Gasteiger partial charge in [0.15, 0.2) is 17.7 Å². The molecule has 0 fully saturated rings. The van der Waals surface area contributed by atoms with E-state index in [0.717, 1.165) is 39.6 Å². The normalized spacial score (nSPS) is 18.5. The minimum absolute atomic E-state index is 0.0756. The molecule has 4 heteroatoms. The first-order valence-corrected chi connectivity index (χ1v) is 7.44. The molecular weight excluding hydrogens is 278 g/mol. The van der Waals surface area contributed by atoms with Crippen LogP contribution in [0, 0.1) is 13.8 Å². The zero-order chi connectivity index (χ0) is 15.3. The predicted octanol–water partition coefficient (Wildman–Crippen LogP) is 3.53. The number of para-hydroxylation sites is 1. The van der Waals surface area contributed by atoms with Crippen molar-refractivity contribution in [3.8, 4) is 17.2 Å². The van der Waals surface area contributed by atoms with Crippen LogP contribution < -0.4 is 14.2 Å². The second-order valence-electron chi connectivity index (χ2n) is 5.65. The van der Waals surface area contributed by atoms with Crippen LogP contribution in [0.4, 0.5) is 5.69 Å². The van der Waals surface area contributed by atoms with Crippen LogP contribution in [0.3, 0.4) is 0 Å². The summed E-state index contributed by atoms with van der Waals surface area (Å²) in [6.45, 7) is 6.42. The highest BCUT2D eigenvalue weighted by atomic mass is 16.7. The number of rotatable bonds is 1. The number of nitrogens with zero attached hydrogens (tertiary/aromatic N) is 1. The fourth-order valence-corrected chi connectivity index (χ4v) is 3.03. The molecule has 2 aliphatic rings. The molecule has 0 spiro atoms. The Hall–Kier alpha value is -2.49. The second-order valence-corrected chi connectivity index (χ2v) is 5.65. The maximum Gasteiger partial charge on any atom is 0.299 e. The van der Waals surface area contributed by atoms with Crippen molar-refractivity contribution in [2.75, 3.05) is 6.79 Å². The molecule has 22 heavy (non-hydrogen) atoms. The highest BCUT2D eigenvalue weighted by Crippen LogP contribution is 2.47. The smallest absolute Gasteiger partial charge is 0.299 e. The number of hydrogen-bond acceptors (Lipinski definition) is 3. The van der Waals surface area contributed by atoms with Crippen LogP contribution in [0.1, 0.15) is 23.6 Å². The summed E-state index contributed by atoms with van der Waals surface area (Å²) < 4.78 is 19.6. The molecule has 4 rings (SSSR count). The van der Waals surface area contributed by atoms with Gasteiger partial charge in [0.2, 0.25) is 12.5 Å². The summed E-state index contributed by atoms with van der Waals surface area (Å²) in [7, 11) is 0. The monoisotopic (exact) mass is 296 g/mol. The molecule has 2 heterocycles. The molecule has 2 aliphatic heterocycles. The average molecular weight is 296 g/mol. The lowest BCUT2D eigenvalue weighted by Gasteiger charge is -2.23. The van der Waals surface area contributed by atoms with E-state index in [1.54, 1.807) is 0 Å². The molecule has 0 saturated heterocycles. The number of hydrogen-bond donors (Lipinski definition) is 0. The van der Waals surface area contributed by atoms with Crippen molar-refractivity contribution in [3.63, 3.8) is 0 Å². The van der Waals surface area contributed by atoms with Gasteiger partial charge in [0.05, 0.1) is 0 Å². The van der Waals surface area contributed by atoms with E-state index in [-0.39, 0.29) is 13.0 Å². The lowest BCUT2D eigenvalue weighted by molar-refractivity contribution is -0.522. The molecule has 0 radical (unpaired) electrons. The molecule has 0 aliphatic carbocycles. The fraction of sp³-hybridized carbons (Fsp3) is 0.278. The van der Waals surface area contributed by atoms with Crippen LogP contribution in [-0.2, 0) is 0 Å². The van der Waals surface area contributed by atoms with Gasteiger partial charge in [-0.05, 0) is 19.4 Å². The van der Waals surface area contributed by atoms with Gasteiger partial charge in [-0.15, -0.1) is 0 Å². The van der Waals surface area contributed by atoms with Crippen LogP contribution >= 0.6 is 0 Å². The molecule has 2 aromatic rings. The van der Waals surface area contributed by atoms with E-state index in [1.165, 1.54) is 0 Å². The lowest BCUT2D eigenvalue weighted by Crippen LogP contribution is -2.31.